The maximum atomic E-state index is 14.9. The number of halogens is 3. The molecule has 0 aliphatic carbocycles. The molecule has 0 spiro atoms. The minimum Gasteiger partial charge on any atom is -0.504 e. The van der Waals surface area contributed by atoms with E-state index in [1.54, 1.807) is 0 Å². The Morgan fingerprint density at radius 3 is 1.96 bits per heavy atom. The summed E-state index contributed by atoms with van der Waals surface area (Å²) < 4.78 is 42.9. The van der Waals surface area contributed by atoms with Crippen molar-refractivity contribution in [2.45, 2.75) is 59.0 Å². The molecule has 0 saturated heterocycles. The summed E-state index contributed by atoms with van der Waals surface area (Å²) in [6, 6.07) is 9.66. The van der Waals surface area contributed by atoms with Gasteiger partial charge < -0.3 is 5.11 Å². The predicted octanol–water partition coefficient (Wildman–Crippen LogP) is 5.76. The molecule has 0 amide bonds. The predicted molar refractivity (Wildman–Crippen MR) is 103 cm³/mol. The lowest BCUT2D eigenvalue weighted by Crippen LogP contribution is -2.38. The lowest BCUT2D eigenvalue weighted by atomic mass is 9.86. The Bertz CT molecular complexity index is 738. The van der Waals surface area contributed by atoms with Gasteiger partial charge in [0.1, 0.15) is 5.82 Å². The first kappa shape index (κ1) is 21.3. The van der Waals surface area contributed by atoms with Crippen LogP contribution >= 0.6 is 0 Å². The molecule has 27 heavy (non-hydrogen) atoms. The number of hydrogen-bond acceptors (Lipinski definition) is 2. The molecule has 0 fully saturated rings. The van der Waals surface area contributed by atoms with Crippen LogP contribution in [0.15, 0.2) is 30.3 Å². The van der Waals surface area contributed by atoms with E-state index in [1.165, 1.54) is 6.92 Å². The lowest BCUT2D eigenvalue weighted by Gasteiger charge is -2.32. The Hall–Kier alpha value is -2.01. The molecular formula is C22H28F3NO. The monoisotopic (exact) mass is 379 g/mol. The second kappa shape index (κ2) is 8.79. The third-order valence-corrected chi connectivity index (χ3v) is 5.10. The molecule has 2 aromatic carbocycles. The van der Waals surface area contributed by atoms with E-state index in [4.69, 9.17) is 0 Å². The molecule has 0 bridgehead atoms. The Morgan fingerprint density at radius 2 is 1.44 bits per heavy atom. The molecule has 1 unspecified atom stereocenters. The van der Waals surface area contributed by atoms with Gasteiger partial charge in [-0.25, -0.2) is 8.78 Å². The maximum absolute atomic E-state index is 14.9. The molecule has 148 valence electrons. The summed E-state index contributed by atoms with van der Waals surface area (Å²) in [6.07, 6.45) is 0.468. The van der Waals surface area contributed by atoms with Crippen LogP contribution in [0.25, 0.3) is 0 Å². The average molecular weight is 379 g/mol. The van der Waals surface area contributed by atoms with E-state index < -0.39 is 34.7 Å². The summed E-state index contributed by atoms with van der Waals surface area (Å²) in [5, 5.41) is 10.2. The number of phenolic OH excluding ortho intramolecular Hbond substituents is 1. The maximum Gasteiger partial charge on any atom is 0.201 e. The Morgan fingerprint density at radius 1 is 0.889 bits per heavy atom. The van der Waals surface area contributed by atoms with Crippen molar-refractivity contribution in [3.8, 4) is 5.75 Å². The van der Waals surface area contributed by atoms with Crippen LogP contribution in [0.3, 0.4) is 0 Å². The first-order valence-corrected chi connectivity index (χ1v) is 9.33. The molecule has 2 nitrogen and oxygen atoms in total. The number of aromatic hydroxyl groups is 1. The highest BCUT2D eigenvalue weighted by atomic mass is 19.2. The first-order valence-electron chi connectivity index (χ1n) is 9.33. The minimum atomic E-state index is -1.39. The van der Waals surface area contributed by atoms with E-state index in [2.05, 4.69) is 32.6 Å². The third-order valence-electron chi connectivity index (χ3n) is 5.10. The highest BCUT2D eigenvalue weighted by molar-refractivity contribution is 5.46. The SMILES string of the molecule is Cc1c(F)c(F)c(O)c(C(CCN(C(C)C)C(C)C)c2ccccc2)c1F. The highest BCUT2D eigenvalue weighted by Crippen LogP contribution is 2.40. The fourth-order valence-electron chi connectivity index (χ4n) is 3.66. The van der Waals surface area contributed by atoms with E-state index in [0.717, 1.165) is 5.56 Å². The number of nitrogens with zero attached hydrogens (tertiary/aromatic N) is 1. The smallest absolute Gasteiger partial charge is 0.201 e. The van der Waals surface area contributed by atoms with Crippen LogP contribution in [-0.4, -0.2) is 28.6 Å². The molecule has 2 aromatic rings. The lowest BCUT2D eigenvalue weighted by molar-refractivity contribution is 0.170. The molecule has 2 rings (SSSR count). The Balaban J connectivity index is 2.53. The van der Waals surface area contributed by atoms with Crippen LogP contribution in [0.4, 0.5) is 13.2 Å². The molecule has 0 heterocycles. The summed E-state index contributed by atoms with van der Waals surface area (Å²) in [7, 11) is 0. The van der Waals surface area contributed by atoms with Crippen molar-refractivity contribution < 1.29 is 18.3 Å². The fourth-order valence-corrected chi connectivity index (χ4v) is 3.66. The summed E-state index contributed by atoms with van der Waals surface area (Å²) in [6.45, 7) is 10.1. The topological polar surface area (TPSA) is 23.5 Å². The largest absolute Gasteiger partial charge is 0.504 e. The molecule has 1 N–H and O–H groups in total. The second-order valence-electron chi connectivity index (χ2n) is 7.51. The van der Waals surface area contributed by atoms with E-state index >= 15 is 0 Å². The average Bonchev–Trinajstić information content (AvgIpc) is 2.63. The zero-order valence-corrected chi connectivity index (χ0v) is 16.6. The van der Waals surface area contributed by atoms with Crippen LogP contribution in [0.1, 0.15) is 56.7 Å². The second-order valence-corrected chi connectivity index (χ2v) is 7.51. The van der Waals surface area contributed by atoms with Gasteiger partial charge in [-0.1, -0.05) is 30.3 Å². The molecule has 1 atom stereocenters. The van der Waals surface area contributed by atoms with E-state index in [9.17, 15) is 18.3 Å². The Labute approximate surface area is 159 Å². The highest BCUT2D eigenvalue weighted by Gasteiger charge is 2.29. The van der Waals surface area contributed by atoms with E-state index in [1.807, 2.05) is 30.3 Å². The van der Waals surface area contributed by atoms with Crippen molar-refractivity contribution >= 4 is 0 Å². The van der Waals surface area contributed by atoms with Gasteiger partial charge in [0.2, 0.25) is 5.82 Å². The van der Waals surface area contributed by atoms with Gasteiger partial charge in [0, 0.05) is 29.1 Å². The van der Waals surface area contributed by atoms with Crippen LogP contribution < -0.4 is 0 Å². The summed E-state index contributed by atoms with van der Waals surface area (Å²) >= 11 is 0. The van der Waals surface area contributed by atoms with Gasteiger partial charge in [-0.15, -0.1) is 0 Å². The number of rotatable bonds is 7. The van der Waals surface area contributed by atoms with Crippen molar-refractivity contribution in [1.82, 2.24) is 4.90 Å². The molecule has 0 radical (unpaired) electrons. The van der Waals surface area contributed by atoms with Crippen LogP contribution in [0.5, 0.6) is 5.75 Å². The molecular weight excluding hydrogens is 351 g/mol. The van der Waals surface area contributed by atoms with Gasteiger partial charge in [0.15, 0.2) is 11.6 Å². The van der Waals surface area contributed by atoms with Crippen molar-refractivity contribution in [2.24, 2.45) is 0 Å². The van der Waals surface area contributed by atoms with Crippen molar-refractivity contribution in [1.29, 1.82) is 0 Å². The third kappa shape index (κ3) is 4.46. The van der Waals surface area contributed by atoms with E-state index in [0.29, 0.717) is 13.0 Å². The van der Waals surface area contributed by atoms with Gasteiger partial charge in [-0.05, 0) is 53.1 Å². The van der Waals surface area contributed by atoms with Crippen molar-refractivity contribution in [3.05, 3.63) is 64.5 Å². The summed E-state index contributed by atoms with van der Waals surface area (Å²) in [4.78, 5) is 2.25. The normalized spacial score (nSPS) is 13.0. The zero-order valence-electron chi connectivity index (χ0n) is 16.6. The van der Waals surface area contributed by atoms with Gasteiger partial charge in [0.05, 0.1) is 0 Å². The number of hydrogen-bond donors (Lipinski definition) is 1. The van der Waals surface area contributed by atoms with Gasteiger partial charge >= 0.3 is 0 Å². The first-order chi connectivity index (χ1) is 12.7. The molecule has 0 aliphatic heterocycles. The van der Waals surface area contributed by atoms with Gasteiger partial charge in [-0.3, -0.25) is 4.90 Å². The quantitative estimate of drug-likeness (QED) is 0.619. The number of phenols is 1. The van der Waals surface area contributed by atoms with Gasteiger partial charge in [-0.2, -0.15) is 4.39 Å². The van der Waals surface area contributed by atoms with E-state index in [-0.39, 0.29) is 17.6 Å². The standard InChI is InChI=1S/C22H28F3NO/c1-13(2)26(14(3)4)12-11-17(16-9-7-6-8-10-16)18-19(23)15(5)20(24)21(25)22(18)27/h6-10,13-14,17,27H,11-12H2,1-5H3. The van der Waals surface area contributed by atoms with Gasteiger partial charge in [0.25, 0.3) is 0 Å². The van der Waals surface area contributed by atoms with Crippen LogP contribution in [0, 0.1) is 24.4 Å². The van der Waals surface area contributed by atoms with Crippen LogP contribution in [-0.2, 0) is 0 Å². The Kier molecular flexibility index (Phi) is 6.93. The summed E-state index contributed by atoms with van der Waals surface area (Å²) in [5.41, 5.74) is 0.167. The summed E-state index contributed by atoms with van der Waals surface area (Å²) in [5.74, 6) is -5.15. The molecule has 0 aliphatic rings. The molecule has 0 aromatic heterocycles. The van der Waals surface area contributed by atoms with Crippen LogP contribution in [0.2, 0.25) is 0 Å². The molecule has 5 heteroatoms. The fraction of sp³-hybridized carbons (Fsp3) is 0.455. The van der Waals surface area contributed by atoms with Crippen molar-refractivity contribution in [3.63, 3.8) is 0 Å². The minimum absolute atomic E-state index is 0.176. The zero-order chi connectivity index (χ0) is 20.3. The number of benzene rings is 2. The van der Waals surface area contributed by atoms with Crippen molar-refractivity contribution in [2.75, 3.05) is 6.54 Å². The molecule has 0 saturated carbocycles.